The number of nitrogens with zero attached hydrogens (tertiary/aromatic N) is 1. The predicted octanol–water partition coefficient (Wildman–Crippen LogP) is 2.21. The summed E-state index contributed by atoms with van der Waals surface area (Å²) in [6.45, 7) is 1.94. The summed E-state index contributed by atoms with van der Waals surface area (Å²) in [5, 5.41) is 9.14. The molecule has 1 amide bonds. The van der Waals surface area contributed by atoms with E-state index in [0.29, 0.717) is 18.5 Å². The second-order valence-corrected chi connectivity index (χ2v) is 4.78. The number of aliphatic carboxylic acids is 1. The molecule has 102 valence electrons. The molecule has 0 aromatic heterocycles. The number of hydrogen-bond acceptors (Lipinski definition) is 2. The molecular weight excluding hydrogens is 249 g/mol. The first-order valence-corrected chi connectivity index (χ1v) is 6.31. The Labute approximate surface area is 110 Å². The summed E-state index contributed by atoms with van der Waals surface area (Å²) < 4.78 is 13.9. The molecule has 0 spiro atoms. The summed E-state index contributed by atoms with van der Waals surface area (Å²) in [5.74, 6) is -2.13. The summed E-state index contributed by atoms with van der Waals surface area (Å²) in [6, 6.07) is 3.74. The molecule has 1 saturated heterocycles. The molecule has 1 aliphatic rings. The van der Waals surface area contributed by atoms with Gasteiger partial charge >= 0.3 is 5.97 Å². The van der Waals surface area contributed by atoms with Gasteiger partial charge in [0.1, 0.15) is 11.9 Å². The number of halogens is 1. The van der Waals surface area contributed by atoms with Crippen LogP contribution in [-0.2, 0) is 4.79 Å². The van der Waals surface area contributed by atoms with Crippen LogP contribution in [0.25, 0.3) is 0 Å². The van der Waals surface area contributed by atoms with Gasteiger partial charge in [0, 0.05) is 6.54 Å². The highest BCUT2D eigenvalue weighted by atomic mass is 19.1. The lowest BCUT2D eigenvalue weighted by atomic mass is 10.00. The molecule has 1 heterocycles. The third-order valence-electron chi connectivity index (χ3n) is 3.47. The zero-order valence-corrected chi connectivity index (χ0v) is 10.7. The van der Waals surface area contributed by atoms with Crippen LogP contribution in [0.1, 0.15) is 35.2 Å². The van der Waals surface area contributed by atoms with Crippen LogP contribution in [0.3, 0.4) is 0 Å². The van der Waals surface area contributed by atoms with Crippen LogP contribution in [0.2, 0.25) is 0 Å². The van der Waals surface area contributed by atoms with E-state index in [0.717, 1.165) is 12.8 Å². The van der Waals surface area contributed by atoms with E-state index in [2.05, 4.69) is 0 Å². The molecule has 4 nitrogen and oxygen atoms in total. The second-order valence-electron chi connectivity index (χ2n) is 4.78. The highest BCUT2D eigenvalue weighted by molar-refractivity contribution is 5.97. The van der Waals surface area contributed by atoms with Crippen LogP contribution < -0.4 is 0 Å². The van der Waals surface area contributed by atoms with E-state index >= 15 is 0 Å². The zero-order valence-electron chi connectivity index (χ0n) is 10.7. The van der Waals surface area contributed by atoms with E-state index in [9.17, 15) is 14.0 Å². The Hall–Kier alpha value is -1.91. The van der Waals surface area contributed by atoms with Gasteiger partial charge in [-0.1, -0.05) is 12.1 Å². The summed E-state index contributed by atoms with van der Waals surface area (Å²) in [7, 11) is 0. The monoisotopic (exact) mass is 265 g/mol. The average molecular weight is 265 g/mol. The van der Waals surface area contributed by atoms with Gasteiger partial charge in [0.15, 0.2) is 0 Å². The standard InChI is InChI=1S/C14H16FNO3/c1-9-5-4-6-10(12(9)15)13(17)16-8-3-2-7-11(16)14(18)19/h4-6,11H,2-3,7-8H2,1H3,(H,18,19)/t11-/m0/s1. The molecule has 1 N–H and O–H groups in total. The molecule has 1 fully saturated rings. The number of carboxylic acid groups (broad SMARTS) is 1. The van der Waals surface area contributed by atoms with Gasteiger partial charge in [0.2, 0.25) is 0 Å². The Kier molecular flexibility index (Phi) is 3.83. The first kappa shape index (κ1) is 13.5. The van der Waals surface area contributed by atoms with Crippen molar-refractivity contribution < 1.29 is 19.1 Å². The van der Waals surface area contributed by atoms with Crippen LogP contribution in [0.4, 0.5) is 4.39 Å². The fourth-order valence-corrected chi connectivity index (χ4v) is 2.40. The molecule has 0 aliphatic carbocycles. The molecule has 1 atom stereocenters. The molecule has 1 aliphatic heterocycles. The van der Waals surface area contributed by atoms with Crippen LogP contribution in [0.5, 0.6) is 0 Å². The number of rotatable bonds is 2. The number of carbonyl (C=O) groups excluding carboxylic acids is 1. The van der Waals surface area contributed by atoms with Gasteiger partial charge in [0.05, 0.1) is 5.56 Å². The smallest absolute Gasteiger partial charge is 0.326 e. The quantitative estimate of drug-likeness (QED) is 0.892. The molecular formula is C14H16FNO3. The van der Waals surface area contributed by atoms with Crippen molar-refractivity contribution in [1.29, 1.82) is 0 Å². The summed E-state index contributed by atoms with van der Waals surface area (Å²) in [4.78, 5) is 24.7. The third-order valence-corrected chi connectivity index (χ3v) is 3.47. The van der Waals surface area contributed by atoms with Crippen molar-refractivity contribution >= 4 is 11.9 Å². The fraction of sp³-hybridized carbons (Fsp3) is 0.429. The Morgan fingerprint density at radius 1 is 1.37 bits per heavy atom. The van der Waals surface area contributed by atoms with Crippen molar-refractivity contribution in [3.8, 4) is 0 Å². The largest absolute Gasteiger partial charge is 0.480 e. The molecule has 0 saturated carbocycles. The minimum absolute atomic E-state index is 0.0480. The molecule has 2 rings (SSSR count). The summed E-state index contributed by atoms with van der Waals surface area (Å²) in [5.41, 5.74) is 0.336. The van der Waals surface area contributed by atoms with Crippen molar-refractivity contribution in [2.45, 2.75) is 32.2 Å². The molecule has 0 radical (unpaired) electrons. The van der Waals surface area contributed by atoms with Crippen molar-refractivity contribution in [2.75, 3.05) is 6.54 Å². The van der Waals surface area contributed by atoms with E-state index in [4.69, 9.17) is 5.11 Å². The lowest BCUT2D eigenvalue weighted by Gasteiger charge is -2.33. The second kappa shape index (κ2) is 5.38. The molecule has 0 unspecified atom stereocenters. The minimum Gasteiger partial charge on any atom is -0.480 e. The van der Waals surface area contributed by atoms with Crippen molar-refractivity contribution in [3.05, 3.63) is 35.1 Å². The van der Waals surface area contributed by atoms with E-state index < -0.39 is 23.7 Å². The first-order valence-electron chi connectivity index (χ1n) is 6.31. The van der Waals surface area contributed by atoms with E-state index in [1.807, 2.05) is 0 Å². The van der Waals surface area contributed by atoms with Gasteiger partial charge in [-0.3, -0.25) is 4.79 Å². The highest BCUT2D eigenvalue weighted by Crippen LogP contribution is 2.22. The fourth-order valence-electron chi connectivity index (χ4n) is 2.40. The van der Waals surface area contributed by atoms with Crippen molar-refractivity contribution in [3.63, 3.8) is 0 Å². The predicted molar refractivity (Wildman–Crippen MR) is 67.4 cm³/mol. The molecule has 1 aromatic carbocycles. The van der Waals surface area contributed by atoms with Gasteiger partial charge < -0.3 is 10.0 Å². The lowest BCUT2D eigenvalue weighted by Crippen LogP contribution is -2.48. The number of hydrogen-bond donors (Lipinski definition) is 1. The Balaban J connectivity index is 2.31. The Bertz CT molecular complexity index is 515. The minimum atomic E-state index is -1.03. The van der Waals surface area contributed by atoms with Crippen LogP contribution in [-0.4, -0.2) is 34.5 Å². The maximum Gasteiger partial charge on any atom is 0.326 e. The number of carbonyl (C=O) groups is 2. The van der Waals surface area contributed by atoms with Crippen molar-refractivity contribution in [1.82, 2.24) is 4.90 Å². The van der Waals surface area contributed by atoms with Gasteiger partial charge in [-0.05, 0) is 37.8 Å². The van der Waals surface area contributed by atoms with Crippen LogP contribution in [0.15, 0.2) is 18.2 Å². The number of piperidine rings is 1. The van der Waals surface area contributed by atoms with E-state index in [1.54, 1.807) is 19.1 Å². The SMILES string of the molecule is Cc1cccc(C(=O)N2CCCC[C@H]2C(=O)O)c1F. The van der Waals surface area contributed by atoms with Gasteiger partial charge in [-0.15, -0.1) is 0 Å². The summed E-state index contributed by atoms with van der Waals surface area (Å²) >= 11 is 0. The van der Waals surface area contributed by atoms with Gasteiger partial charge in [0.25, 0.3) is 5.91 Å². The normalized spacial score (nSPS) is 19.3. The number of carboxylic acids is 1. The highest BCUT2D eigenvalue weighted by Gasteiger charge is 2.33. The number of amides is 1. The lowest BCUT2D eigenvalue weighted by molar-refractivity contribution is -0.143. The summed E-state index contributed by atoms with van der Waals surface area (Å²) in [6.07, 6.45) is 1.95. The van der Waals surface area contributed by atoms with E-state index in [-0.39, 0.29) is 5.56 Å². The number of likely N-dealkylation sites (tertiary alicyclic amines) is 1. The zero-order chi connectivity index (χ0) is 14.0. The Morgan fingerprint density at radius 3 is 2.79 bits per heavy atom. The van der Waals surface area contributed by atoms with Crippen LogP contribution >= 0.6 is 0 Å². The van der Waals surface area contributed by atoms with Gasteiger partial charge in [-0.25, -0.2) is 9.18 Å². The molecule has 0 bridgehead atoms. The van der Waals surface area contributed by atoms with Crippen LogP contribution in [0, 0.1) is 12.7 Å². The maximum atomic E-state index is 13.9. The maximum absolute atomic E-state index is 13.9. The van der Waals surface area contributed by atoms with Gasteiger partial charge in [-0.2, -0.15) is 0 Å². The molecule has 19 heavy (non-hydrogen) atoms. The average Bonchev–Trinajstić information content (AvgIpc) is 2.41. The Morgan fingerprint density at radius 2 is 2.11 bits per heavy atom. The molecule has 5 heteroatoms. The first-order chi connectivity index (χ1) is 9.02. The van der Waals surface area contributed by atoms with Crippen molar-refractivity contribution in [2.24, 2.45) is 0 Å². The van der Waals surface area contributed by atoms with E-state index in [1.165, 1.54) is 11.0 Å². The third kappa shape index (κ3) is 2.59. The topological polar surface area (TPSA) is 57.6 Å². The number of aryl methyl sites for hydroxylation is 1. The molecule has 1 aromatic rings. The number of benzene rings is 1.